The molecule has 1 aromatic heterocycles. The number of carbonyl (C=O) groups is 2. The first-order valence-corrected chi connectivity index (χ1v) is 11.5. The maximum absolute atomic E-state index is 13.0. The standard InChI is InChI=1S/C24H33N5O2/c1-17-22(18(2)29(27-17)20-12-8-5-9-13-20)23-24(31)25-14-15-28(23)16-21(30)26-19-10-6-3-4-7-11-19/h5,8-9,12-13,19,23H,3-4,6-7,10-11,14-16H2,1-2H3,(H,25,31)(H,26,30)/t23-/m1/s1. The van der Waals surface area contributed by atoms with Gasteiger partial charge in [0.15, 0.2) is 0 Å². The zero-order valence-corrected chi connectivity index (χ0v) is 18.6. The average molecular weight is 424 g/mol. The molecule has 0 spiro atoms. The first-order chi connectivity index (χ1) is 15.0. The molecule has 2 fully saturated rings. The van der Waals surface area contributed by atoms with Gasteiger partial charge in [0.05, 0.1) is 17.9 Å². The number of nitrogens with zero attached hydrogens (tertiary/aromatic N) is 3. The van der Waals surface area contributed by atoms with Crippen LogP contribution in [0, 0.1) is 13.8 Å². The number of piperazine rings is 1. The van der Waals surface area contributed by atoms with Crippen LogP contribution < -0.4 is 10.6 Å². The summed E-state index contributed by atoms with van der Waals surface area (Å²) in [4.78, 5) is 27.8. The van der Waals surface area contributed by atoms with Crippen molar-refractivity contribution in [3.63, 3.8) is 0 Å². The van der Waals surface area contributed by atoms with E-state index in [2.05, 4.69) is 10.6 Å². The second-order valence-corrected chi connectivity index (χ2v) is 8.75. The molecule has 0 bridgehead atoms. The summed E-state index contributed by atoms with van der Waals surface area (Å²) < 4.78 is 1.89. The molecule has 4 rings (SSSR count). The summed E-state index contributed by atoms with van der Waals surface area (Å²) >= 11 is 0. The summed E-state index contributed by atoms with van der Waals surface area (Å²) in [6.45, 7) is 5.35. The largest absolute Gasteiger partial charge is 0.353 e. The van der Waals surface area contributed by atoms with Crippen molar-refractivity contribution in [1.29, 1.82) is 0 Å². The fourth-order valence-electron chi connectivity index (χ4n) is 4.95. The lowest BCUT2D eigenvalue weighted by molar-refractivity contribution is -0.132. The molecular weight excluding hydrogens is 390 g/mol. The van der Waals surface area contributed by atoms with Crippen molar-refractivity contribution in [3.8, 4) is 5.69 Å². The molecule has 1 atom stereocenters. The van der Waals surface area contributed by atoms with E-state index in [1.807, 2.05) is 53.8 Å². The Morgan fingerprint density at radius 1 is 1.13 bits per heavy atom. The van der Waals surface area contributed by atoms with Crippen LogP contribution in [0.25, 0.3) is 5.69 Å². The van der Waals surface area contributed by atoms with E-state index in [1.54, 1.807) is 0 Å². The van der Waals surface area contributed by atoms with Gasteiger partial charge in [-0.05, 0) is 38.8 Å². The van der Waals surface area contributed by atoms with Crippen molar-refractivity contribution >= 4 is 11.8 Å². The van der Waals surface area contributed by atoms with Crippen LogP contribution in [0.1, 0.15) is 61.5 Å². The van der Waals surface area contributed by atoms with Crippen LogP contribution in [0.15, 0.2) is 30.3 Å². The highest BCUT2D eigenvalue weighted by molar-refractivity contribution is 5.86. The molecule has 1 aliphatic carbocycles. The predicted octanol–water partition coefficient (Wildman–Crippen LogP) is 2.80. The molecule has 7 nitrogen and oxygen atoms in total. The first-order valence-electron chi connectivity index (χ1n) is 11.5. The minimum atomic E-state index is -0.508. The van der Waals surface area contributed by atoms with Gasteiger partial charge in [-0.3, -0.25) is 14.5 Å². The van der Waals surface area contributed by atoms with Gasteiger partial charge in [-0.25, -0.2) is 4.68 Å². The molecule has 166 valence electrons. The average Bonchev–Trinajstić information content (AvgIpc) is 2.92. The Bertz CT molecular complexity index is 916. The zero-order chi connectivity index (χ0) is 21.8. The summed E-state index contributed by atoms with van der Waals surface area (Å²) in [6, 6.07) is 9.68. The second kappa shape index (κ2) is 9.64. The van der Waals surface area contributed by atoms with Crippen LogP contribution in [0.2, 0.25) is 0 Å². The Hall–Kier alpha value is -2.67. The molecule has 2 heterocycles. The summed E-state index contributed by atoms with van der Waals surface area (Å²) in [5, 5.41) is 10.9. The number of aromatic nitrogens is 2. The quantitative estimate of drug-likeness (QED) is 0.725. The van der Waals surface area contributed by atoms with Crippen molar-refractivity contribution in [1.82, 2.24) is 25.3 Å². The number of rotatable bonds is 5. The molecule has 7 heteroatoms. The van der Waals surface area contributed by atoms with E-state index in [-0.39, 0.29) is 24.4 Å². The number of hydrogen-bond donors (Lipinski definition) is 2. The van der Waals surface area contributed by atoms with Crippen molar-refractivity contribution in [2.24, 2.45) is 0 Å². The molecule has 1 aromatic carbocycles. The molecule has 1 saturated heterocycles. The smallest absolute Gasteiger partial charge is 0.242 e. The molecule has 31 heavy (non-hydrogen) atoms. The predicted molar refractivity (Wildman–Crippen MR) is 120 cm³/mol. The van der Waals surface area contributed by atoms with Gasteiger partial charge in [-0.15, -0.1) is 0 Å². The van der Waals surface area contributed by atoms with Gasteiger partial charge in [-0.2, -0.15) is 5.10 Å². The number of hydrogen-bond acceptors (Lipinski definition) is 4. The fourth-order valence-corrected chi connectivity index (χ4v) is 4.95. The Balaban J connectivity index is 1.55. The lowest BCUT2D eigenvalue weighted by Gasteiger charge is -2.35. The molecule has 0 unspecified atom stereocenters. The number of carbonyl (C=O) groups excluding carboxylic acids is 2. The van der Waals surface area contributed by atoms with E-state index in [0.717, 1.165) is 35.5 Å². The van der Waals surface area contributed by atoms with E-state index in [1.165, 1.54) is 25.7 Å². The summed E-state index contributed by atoms with van der Waals surface area (Å²) in [5.41, 5.74) is 3.60. The first kappa shape index (κ1) is 21.6. The van der Waals surface area contributed by atoms with Crippen LogP contribution >= 0.6 is 0 Å². The Morgan fingerprint density at radius 2 is 1.84 bits per heavy atom. The third-order valence-electron chi connectivity index (χ3n) is 6.50. The van der Waals surface area contributed by atoms with Crippen molar-refractivity contribution in [3.05, 3.63) is 47.3 Å². The summed E-state index contributed by atoms with van der Waals surface area (Å²) in [6.07, 6.45) is 6.97. The highest BCUT2D eigenvalue weighted by atomic mass is 16.2. The van der Waals surface area contributed by atoms with Crippen molar-refractivity contribution in [2.75, 3.05) is 19.6 Å². The van der Waals surface area contributed by atoms with Gasteiger partial charge in [-0.1, -0.05) is 43.9 Å². The molecule has 2 aliphatic rings. The second-order valence-electron chi connectivity index (χ2n) is 8.75. The van der Waals surface area contributed by atoms with Gasteiger partial charge >= 0.3 is 0 Å². The number of amides is 2. The molecule has 1 saturated carbocycles. The number of nitrogens with one attached hydrogen (secondary N) is 2. The monoisotopic (exact) mass is 423 g/mol. The minimum Gasteiger partial charge on any atom is -0.353 e. The third-order valence-corrected chi connectivity index (χ3v) is 6.50. The zero-order valence-electron chi connectivity index (χ0n) is 18.6. The van der Waals surface area contributed by atoms with Crippen LogP contribution in [0.3, 0.4) is 0 Å². The van der Waals surface area contributed by atoms with Gasteiger partial charge in [0.25, 0.3) is 0 Å². The molecule has 1 aliphatic heterocycles. The maximum Gasteiger partial charge on any atom is 0.242 e. The lowest BCUT2D eigenvalue weighted by Crippen LogP contribution is -2.53. The van der Waals surface area contributed by atoms with Crippen LogP contribution in [-0.4, -0.2) is 52.2 Å². The van der Waals surface area contributed by atoms with Crippen LogP contribution in [0.4, 0.5) is 0 Å². The molecule has 0 radical (unpaired) electrons. The van der Waals surface area contributed by atoms with Crippen molar-refractivity contribution < 1.29 is 9.59 Å². The third kappa shape index (κ3) is 4.82. The summed E-state index contributed by atoms with van der Waals surface area (Å²) in [5.74, 6) is -0.0512. The van der Waals surface area contributed by atoms with Gasteiger partial charge in [0.1, 0.15) is 6.04 Å². The van der Waals surface area contributed by atoms with E-state index < -0.39 is 6.04 Å². The molecular formula is C24H33N5O2. The Morgan fingerprint density at radius 3 is 2.55 bits per heavy atom. The molecule has 2 amide bonds. The van der Waals surface area contributed by atoms with Gasteiger partial charge in [0.2, 0.25) is 11.8 Å². The molecule has 2 N–H and O–H groups in total. The van der Waals surface area contributed by atoms with Gasteiger partial charge < -0.3 is 10.6 Å². The van der Waals surface area contributed by atoms with E-state index in [4.69, 9.17) is 5.10 Å². The van der Waals surface area contributed by atoms with E-state index in [9.17, 15) is 9.59 Å². The number of para-hydroxylation sites is 1. The van der Waals surface area contributed by atoms with Crippen LogP contribution in [-0.2, 0) is 9.59 Å². The SMILES string of the molecule is Cc1nn(-c2ccccc2)c(C)c1[C@@H]1C(=O)NCCN1CC(=O)NC1CCCCCC1. The van der Waals surface area contributed by atoms with Crippen molar-refractivity contribution in [2.45, 2.75) is 64.5 Å². The maximum atomic E-state index is 13.0. The normalized spacial score (nSPS) is 20.8. The highest BCUT2D eigenvalue weighted by Crippen LogP contribution is 2.30. The van der Waals surface area contributed by atoms with Gasteiger partial charge in [0, 0.05) is 30.4 Å². The Labute approximate surface area is 184 Å². The minimum absolute atomic E-state index is 0.0114. The fraction of sp³-hybridized carbons (Fsp3) is 0.542. The Kier molecular flexibility index (Phi) is 6.70. The summed E-state index contributed by atoms with van der Waals surface area (Å²) in [7, 11) is 0. The van der Waals surface area contributed by atoms with E-state index >= 15 is 0 Å². The molecule has 2 aromatic rings. The van der Waals surface area contributed by atoms with E-state index in [0.29, 0.717) is 13.1 Å². The topological polar surface area (TPSA) is 79.3 Å². The highest BCUT2D eigenvalue weighted by Gasteiger charge is 2.36. The number of benzene rings is 1. The lowest BCUT2D eigenvalue weighted by atomic mass is 10.00. The van der Waals surface area contributed by atoms with Crippen LogP contribution in [0.5, 0.6) is 0 Å². The number of aryl methyl sites for hydroxylation is 1.